The third-order valence-electron chi connectivity index (χ3n) is 7.02. The number of hydrogen-bond acceptors (Lipinski definition) is 4. The van der Waals surface area contributed by atoms with Crippen LogP contribution < -0.4 is 10.1 Å². The summed E-state index contributed by atoms with van der Waals surface area (Å²) in [5.41, 5.74) is 0.109. The quantitative estimate of drug-likeness (QED) is 0.786. The summed E-state index contributed by atoms with van der Waals surface area (Å²) in [5, 5.41) is 2.85. The molecule has 0 atom stereocenters. The molecule has 1 saturated carbocycles. The van der Waals surface area contributed by atoms with Crippen molar-refractivity contribution >= 4 is 17.7 Å². The van der Waals surface area contributed by atoms with Crippen molar-refractivity contribution in [2.75, 3.05) is 39.8 Å². The molecule has 7 heteroatoms. The molecule has 2 fully saturated rings. The Morgan fingerprint density at radius 2 is 1.77 bits per heavy atom. The Balaban J connectivity index is 1.58. The highest BCUT2D eigenvalue weighted by molar-refractivity contribution is 5.97. The molecule has 2 bridgehead atoms. The fourth-order valence-electron chi connectivity index (χ4n) is 4.89. The molecule has 3 amide bonds. The lowest BCUT2D eigenvalue weighted by Gasteiger charge is -2.40. The lowest BCUT2D eigenvalue weighted by molar-refractivity contribution is -0.134. The van der Waals surface area contributed by atoms with Gasteiger partial charge in [0.25, 0.3) is 5.91 Å². The smallest absolute Gasteiger partial charge is 0.257 e. The van der Waals surface area contributed by atoms with Gasteiger partial charge in [-0.2, -0.15) is 0 Å². The van der Waals surface area contributed by atoms with E-state index in [1.165, 1.54) is 0 Å². The molecule has 168 valence electrons. The van der Waals surface area contributed by atoms with Gasteiger partial charge >= 0.3 is 0 Å². The number of nitrogens with one attached hydrogen (secondary N) is 1. The summed E-state index contributed by atoms with van der Waals surface area (Å²) >= 11 is 0. The van der Waals surface area contributed by atoms with Gasteiger partial charge in [0.05, 0.1) is 17.5 Å². The summed E-state index contributed by atoms with van der Waals surface area (Å²) in [6.45, 7) is 2.70. The zero-order chi connectivity index (χ0) is 21.8. The van der Waals surface area contributed by atoms with E-state index in [-0.39, 0.29) is 23.6 Å². The van der Waals surface area contributed by atoms with Gasteiger partial charge in [0.1, 0.15) is 12.4 Å². The number of nitrogens with zero attached hydrogens (tertiary/aromatic N) is 2. The van der Waals surface area contributed by atoms with Crippen LogP contribution in [0.2, 0.25) is 0 Å². The normalized spacial score (nSPS) is 22.0. The molecule has 0 radical (unpaired) electrons. The van der Waals surface area contributed by atoms with Gasteiger partial charge < -0.3 is 19.9 Å². The van der Waals surface area contributed by atoms with Crippen molar-refractivity contribution in [1.29, 1.82) is 0 Å². The molecule has 0 unspecified atom stereocenters. The molecule has 0 spiro atoms. The molecule has 4 aliphatic rings. The maximum Gasteiger partial charge on any atom is 0.257 e. The number of piperidine rings is 1. The summed E-state index contributed by atoms with van der Waals surface area (Å²) in [6.07, 6.45) is 5.81. The van der Waals surface area contributed by atoms with Crippen LogP contribution in [0.5, 0.6) is 5.75 Å². The van der Waals surface area contributed by atoms with Crippen molar-refractivity contribution in [1.82, 2.24) is 15.1 Å². The molecule has 1 aromatic carbocycles. The van der Waals surface area contributed by atoms with Crippen LogP contribution in [0.3, 0.4) is 0 Å². The van der Waals surface area contributed by atoms with E-state index in [0.29, 0.717) is 56.9 Å². The van der Waals surface area contributed by atoms with Crippen molar-refractivity contribution in [3.05, 3.63) is 29.8 Å². The molecule has 5 rings (SSSR count). The molecule has 1 aliphatic carbocycles. The zero-order valence-corrected chi connectivity index (χ0v) is 18.4. The Morgan fingerprint density at radius 1 is 1.03 bits per heavy atom. The maximum absolute atomic E-state index is 13.2. The van der Waals surface area contributed by atoms with Gasteiger partial charge in [-0.25, -0.2) is 0 Å². The number of rotatable bonds is 2. The minimum atomic E-state index is -0.437. The average Bonchev–Trinajstić information content (AvgIpc) is 3.65. The predicted octanol–water partition coefficient (Wildman–Crippen LogP) is 2.46. The molecule has 1 saturated heterocycles. The predicted molar refractivity (Wildman–Crippen MR) is 117 cm³/mol. The number of benzene rings is 1. The van der Waals surface area contributed by atoms with Gasteiger partial charge in [-0.1, -0.05) is 18.6 Å². The Kier molecular flexibility index (Phi) is 6.49. The van der Waals surface area contributed by atoms with E-state index in [0.717, 1.165) is 32.1 Å². The lowest BCUT2D eigenvalue weighted by atomic mass is 9.73. The second-order valence-corrected chi connectivity index (χ2v) is 9.05. The third-order valence-corrected chi connectivity index (χ3v) is 7.02. The van der Waals surface area contributed by atoms with Gasteiger partial charge in [-0.3, -0.25) is 14.4 Å². The number of ether oxygens (including phenoxy) is 1. The van der Waals surface area contributed by atoms with E-state index in [2.05, 4.69) is 5.32 Å². The van der Waals surface area contributed by atoms with Crippen molar-refractivity contribution in [3.63, 3.8) is 0 Å². The fourth-order valence-corrected chi connectivity index (χ4v) is 4.89. The molecule has 3 heterocycles. The van der Waals surface area contributed by atoms with E-state index in [1.54, 1.807) is 13.1 Å². The summed E-state index contributed by atoms with van der Waals surface area (Å²) in [7, 11) is 1.69. The first-order valence-electron chi connectivity index (χ1n) is 11.6. The highest BCUT2D eigenvalue weighted by Crippen LogP contribution is 2.38. The third kappa shape index (κ3) is 4.70. The molecule has 31 heavy (non-hydrogen) atoms. The van der Waals surface area contributed by atoms with Crippen LogP contribution in [0.4, 0.5) is 0 Å². The second-order valence-electron chi connectivity index (χ2n) is 9.05. The molecule has 1 aromatic rings. The highest BCUT2D eigenvalue weighted by Gasteiger charge is 2.42. The summed E-state index contributed by atoms with van der Waals surface area (Å²) in [5.74, 6) is 0.951. The van der Waals surface area contributed by atoms with Crippen LogP contribution in [0.1, 0.15) is 55.3 Å². The maximum atomic E-state index is 13.2. The number of hydrogen-bond donors (Lipinski definition) is 1. The number of para-hydroxylation sites is 1. The summed E-state index contributed by atoms with van der Waals surface area (Å²) in [4.78, 5) is 42.5. The Bertz CT molecular complexity index is 828. The van der Waals surface area contributed by atoms with Gasteiger partial charge in [0.15, 0.2) is 0 Å². The summed E-state index contributed by atoms with van der Waals surface area (Å²) in [6, 6.07) is 7.32. The Morgan fingerprint density at radius 3 is 2.48 bits per heavy atom. The van der Waals surface area contributed by atoms with Crippen LogP contribution in [-0.4, -0.2) is 67.4 Å². The van der Waals surface area contributed by atoms with Crippen LogP contribution in [-0.2, 0) is 9.59 Å². The van der Waals surface area contributed by atoms with Crippen molar-refractivity contribution < 1.29 is 19.1 Å². The van der Waals surface area contributed by atoms with Crippen LogP contribution >= 0.6 is 0 Å². The highest BCUT2D eigenvalue weighted by atomic mass is 16.5. The first-order chi connectivity index (χ1) is 15.0. The largest absolute Gasteiger partial charge is 0.491 e. The van der Waals surface area contributed by atoms with E-state index < -0.39 is 5.41 Å². The van der Waals surface area contributed by atoms with Gasteiger partial charge in [-0.05, 0) is 50.7 Å². The van der Waals surface area contributed by atoms with Crippen molar-refractivity contribution in [2.45, 2.75) is 44.9 Å². The molecular formula is C24H33N3O4. The minimum absolute atomic E-state index is 0.0538. The van der Waals surface area contributed by atoms with Crippen LogP contribution in [0.15, 0.2) is 24.3 Å². The Labute approximate surface area is 184 Å². The van der Waals surface area contributed by atoms with E-state index in [9.17, 15) is 14.4 Å². The topological polar surface area (TPSA) is 79.0 Å². The van der Waals surface area contributed by atoms with Gasteiger partial charge in [-0.15, -0.1) is 0 Å². The SMILES string of the molecule is CNC(=O)C12CCCCN(C(=O)C3CC3)CCOc3ccccc3C(=O)N(CC1)CC2. The number of carbonyl (C=O) groups excluding carboxylic acids is 3. The number of carbonyl (C=O) groups is 3. The van der Waals surface area contributed by atoms with E-state index in [4.69, 9.17) is 4.74 Å². The first kappa shape index (κ1) is 21.7. The zero-order valence-electron chi connectivity index (χ0n) is 18.4. The average molecular weight is 428 g/mol. The molecule has 7 nitrogen and oxygen atoms in total. The molecule has 1 N–H and O–H groups in total. The van der Waals surface area contributed by atoms with E-state index in [1.807, 2.05) is 28.0 Å². The fraction of sp³-hybridized carbons (Fsp3) is 0.625. The van der Waals surface area contributed by atoms with Gasteiger partial charge in [0, 0.05) is 32.6 Å². The second kappa shape index (κ2) is 9.28. The molecule has 3 aliphatic heterocycles. The van der Waals surface area contributed by atoms with Crippen LogP contribution in [0, 0.1) is 11.3 Å². The summed E-state index contributed by atoms with van der Waals surface area (Å²) < 4.78 is 5.99. The van der Waals surface area contributed by atoms with Crippen LogP contribution in [0.25, 0.3) is 0 Å². The van der Waals surface area contributed by atoms with Gasteiger partial charge in [0.2, 0.25) is 11.8 Å². The van der Waals surface area contributed by atoms with Crippen molar-refractivity contribution in [3.8, 4) is 5.75 Å². The molecule has 0 aromatic heterocycles. The first-order valence-corrected chi connectivity index (χ1v) is 11.6. The van der Waals surface area contributed by atoms with E-state index >= 15 is 0 Å². The number of amides is 3. The molecular weight excluding hydrogens is 394 g/mol. The minimum Gasteiger partial charge on any atom is -0.491 e. The monoisotopic (exact) mass is 427 g/mol. The lowest BCUT2D eigenvalue weighted by Crippen LogP contribution is -2.49. The van der Waals surface area contributed by atoms with Crippen molar-refractivity contribution in [2.24, 2.45) is 11.3 Å². The standard InChI is InChI=1S/C24H33N3O4/c1-25-23(30)24-10-4-5-13-26(21(28)18-8-9-18)16-17-31-20-7-3-2-6-19(20)22(29)27(14-11-24)15-12-24/h2-3,6-7,18H,4-5,8-17H2,1H3,(H,25,30). The number of fused-ring (bicyclic) bond motifs is 9. The Hall–Kier alpha value is -2.57.